The Morgan fingerprint density at radius 2 is 1.93 bits per heavy atom. The van der Waals surface area contributed by atoms with Crippen LogP contribution in [0.1, 0.15) is 37.8 Å². The number of amides is 2. The van der Waals surface area contributed by atoms with Crippen LogP contribution in [0.5, 0.6) is 0 Å². The van der Waals surface area contributed by atoms with Crippen LogP contribution in [-0.2, 0) is 22.6 Å². The lowest BCUT2D eigenvalue weighted by Crippen LogP contribution is -2.47. The van der Waals surface area contributed by atoms with Gasteiger partial charge < -0.3 is 10.2 Å². The van der Waals surface area contributed by atoms with Gasteiger partial charge in [-0.2, -0.15) is 0 Å². The average Bonchev–Trinajstić information content (AvgIpc) is 2.69. The van der Waals surface area contributed by atoms with Crippen molar-refractivity contribution in [1.82, 2.24) is 10.2 Å². The van der Waals surface area contributed by atoms with Gasteiger partial charge in [-0.15, -0.1) is 0 Å². The first-order valence-electron chi connectivity index (χ1n) is 9.47. The lowest BCUT2D eigenvalue weighted by molar-refractivity contribution is -0.140. The summed E-state index contributed by atoms with van der Waals surface area (Å²) in [5.41, 5.74) is 1.90. The number of carbonyl (C=O) groups is 2. The Morgan fingerprint density at radius 1 is 1.18 bits per heavy atom. The molecule has 0 spiro atoms. The lowest BCUT2D eigenvalue weighted by atomic mass is 10.1. The average molecular weight is 466 g/mol. The molecule has 0 unspecified atom stereocenters. The summed E-state index contributed by atoms with van der Waals surface area (Å²) in [5.74, 6) is -0.206. The maximum atomic E-state index is 13.0. The van der Waals surface area contributed by atoms with Gasteiger partial charge in [-0.3, -0.25) is 9.59 Å². The molecule has 4 nitrogen and oxygen atoms in total. The van der Waals surface area contributed by atoms with Crippen molar-refractivity contribution in [2.45, 2.75) is 45.7 Å². The van der Waals surface area contributed by atoms with E-state index in [1.54, 1.807) is 11.8 Å². The molecular formula is C22H26BrClN2O2. The maximum Gasteiger partial charge on any atom is 0.242 e. The van der Waals surface area contributed by atoms with E-state index in [1.807, 2.05) is 55.5 Å². The molecule has 0 fully saturated rings. The standard InChI is InChI=1S/C22H26BrClN2O2/c1-3-13-25-22(28)16(2)26(15-17-7-6-9-19(23)14-17)21(27)12-11-18-8-4-5-10-20(18)24/h4-10,14,16H,3,11-13,15H2,1-2H3,(H,25,28)/t16-/m1/s1. The van der Waals surface area contributed by atoms with E-state index in [1.165, 1.54) is 0 Å². The largest absolute Gasteiger partial charge is 0.354 e. The van der Waals surface area contributed by atoms with Gasteiger partial charge in [0.25, 0.3) is 0 Å². The highest BCUT2D eigenvalue weighted by Crippen LogP contribution is 2.19. The molecule has 0 heterocycles. The van der Waals surface area contributed by atoms with Crippen molar-refractivity contribution < 1.29 is 9.59 Å². The predicted octanol–water partition coefficient (Wildman–Crippen LogP) is 4.98. The third-order valence-electron chi connectivity index (χ3n) is 4.52. The highest BCUT2D eigenvalue weighted by molar-refractivity contribution is 9.10. The van der Waals surface area contributed by atoms with Crippen molar-refractivity contribution in [3.63, 3.8) is 0 Å². The highest BCUT2D eigenvalue weighted by atomic mass is 79.9. The molecule has 28 heavy (non-hydrogen) atoms. The quantitative estimate of drug-likeness (QED) is 0.568. The summed E-state index contributed by atoms with van der Waals surface area (Å²) in [5, 5.41) is 3.54. The number of halogens is 2. The van der Waals surface area contributed by atoms with Gasteiger partial charge >= 0.3 is 0 Å². The van der Waals surface area contributed by atoms with Crippen molar-refractivity contribution >= 4 is 39.3 Å². The van der Waals surface area contributed by atoms with Gasteiger partial charge in [-0.05, 0) is 49.1 Å². The van der Waals surface area contributed by atoms with E-state index in [4.69, 9.17) is 11.6 Å². The van der Waals surface area contributed by atoms with Crippen molar-refractivity contribution in [3.05, 3.63) is 69.2 Å². The third-order valence-corrected chi connectivity index (χ3v) is 5.39. The summed E-state index contributed by atoms with van der Waals surface area (Å²) in [6.07, 6.45) is 1.68. The minimum atomic E-state index is -0.552. The molecule has 0 bridgehead atoms. The summed E-state index contributed by atoms with van der Waals surface area (Å²) < 4.78 is 0.941. The number of hydrogen-bond acceptors (Lipinski definition) is 2. The van der Waals surface area contributed by atoms with Gasteiger partial charge in [0.2, 0.25) is 11.8 Å². The van der Waals surface area contributed by atoms with Crippen molar-refractivity contribution in [2.24, 2.45) is 0 Å². The summed E-state index contributed by atoms with van der Waals surface area (Å²) in [6.45, 7) is 4.75. The van der Waals surface area contributed by atoms with Gasteiger partial charge in [0.05, 0.1) is 0 Å². The van der Waals surface area contributed by atoms with Crippen molar-refractivity contribution in [2.75, 3.05) is 6.54 Å². The second-order valence-corrected chi connectivity index (χ2v) is 8.03. The topological polar surface area (TPSA) is 49.4 Å². The summed E-state index contributed by atoms with van der Waals surface area (Å²) >= 11 is 9.67. The van der Waals surface area contributed by atoms with E-state index in [2.05, 4.69) is 21.2 Å². The van der Waals surface area contributed by atoms with E-state index in [9.17, 15) is 9.59 Å². The fourth-order valence-electron chi connectivity index (χ4n) is 2.90. The number of carbonyl (C=O) groups excluding carboxylic acids is 2. The number of nitrogens with zero attached hydrogens (tertiary/aromatic N) is 1. The Morgan fingerprint density at radius 3 is 2.61 bits per heavy atom. The molecule has 2 aromatic carbocycles. The number of nitrogens with one attached hydrogen (secondary N) is 1. The Bertz CT molecular complexity index is 813. The van der Waals surface area contributed by atoms with Crippen molar-refractivity contribution in [1.29, 1.82) is 0 Å². The molecule has 0 aliphatic heterocycles. The monoisotopic (exact) mass is 464 g/mol. The molecule has 0 radical (unpaired) electrons. The zero-order valence-corrected chi connectivity index (χ0v) is 18.6. The van der Waals surface area contributed by atoms with Gasteiger partial charge in [0.1, 0.15) is 6.04 Å². The summed E-state index contributed by atoms with van der Waals surface area (Å²) in [4.78, 5) is 27.2. The van der Waals surface area contributed by atoms with Gasteiger partial charge in [-0.25, -0.2) is 0 Å². The Labute approximate surface area is 180 Å². The Hall–Kier alpha value is -1.85. The smallest absolute Gasteiger partial charge is 0.242 e. The van der Waals surface area contributed by atoms with E-state index < -0.39 is 6.04 Å². The van der Waals surface area contributed by atoms with E-state index in [0.717, 1.165) is 22.0 Å². The molecule has 0 saturated heterocycles. The third kappa shape index (κ3) is 6.64. The molecule has 0 aromatic heterocycles. The van der Waals surface area contributed by atoms with Gasteiger partial charge in [0, 0.05) is 29.0 Å². The number of aryl methyl sites for hydroxylation is 1. The molecule has 2 aromatic rings. The van der Waals surface area contributed by atoms with Crippen LogP contribution >= 0.6 is 27.5 Å². The van der Waals surface area contributed by atoms with Gasteiger partial charge in [0.15, 0.2) is 0 Å². The number of benzene rings is 2. The SMILES string of the molecule is CCCNC(=O)[C@@H](C)N(Cc1cccc(Br)c1)C(=O)CCc1ccccc1Cl. The first-order valence-corrected chi connectivity index (χ1v) is 10.6. The second kappa shape index (κ2) is 11.2. The normalized spacial score (nSPS) is 11.7. The molecule has 6 heteroatoms. The molecule has 0 aliphatic carbocycles. The van der Waals surface area contributed by atoms with Crippen LogP contribution in [0.15, 0.2) is 53.0 Å². The second-order valence-electron chi connectivity index (χ2n) is 6.71. The van der Waals surface area contributed by atoms with Crippen LogP contribution in [0.2, 0.25) is 5.02 Å². The lowest BCUT2D eigenvalue weighted by Gasteiger charge is -2.29. The van der Waals surface area contributed by atoms with Gasteiger partial charge in [-0.1, -0.05) is 64.8 Å². The molecule has 2 rings (SSSR count). The molecule has 0 aliphatic rings. The fourth-order valence-corrected chi connectivity index (χ4v) is 3.57. The molecule has 1 atom stereocenters. The predicted molar refractivity (Wildman–Crippen MR) is 117 cm³/mol. The van der Waals surface area contributed by atoms with Crippen LogP contribution in [0.4, 0.5) is 0 Å². The van der Waals surface area contributed by atoms with Crippen LogP contribution < -0.4 is 5.32 Å². The number of hydrogen-bond donors (Lipinski definition) is 1. The molecule has 1 N–H and O–H groups in total. The Balaban J connectivity index is 2.14. The van der Waals surface area contributed by atoms with E-state index in [0.29, 0.717) is 31.0 Å². The number of rotatable bonds is 9. The Kier molecular flexibility index (Phi) is 9.00. The summed E-state index contributed by atoms with van der Waals surface area (Å²) in [7, 11) is 0. The van der Waals surface area contributed by atoms with E-state index >= 15 is 0 Å². The molecule has 2 amide bonds. The summed E-state index contributed by atoms with van der Waals surface area (Å²) in [6, 6.07) is 14.7. The van der Waals surface area contributed by atoms with Crippen LogP contribution in [0.25, 0.3) is 0 Å². The highest BCUT2D eigenvalue weighted by Gasteiger charge is 2.25. The molecular weight excluding hydrogens is 440 g/mol. The van der Waals surface area contributed by atoms with E-state index in [-0.39, 0.29) is 11.8 Å². The van der Waals surface area contributed by atoms with Crippen molar-refractivity contribution in [3.8, 4) is 0 Å². The minimum Gasteiger partial charge on any atom is -0.354 e. The zero-order chi connectivity index (χ0) is 20.5. The first-order chi connectivity index (χ1) is 13.4. The van der Waals surface area contributed by atoms with Crippen LogP contribution in [-0.4, -0.2) is 29.3 Å². The minimum absolute atomic E-state index is 0.0703. The maximum absolute atomic E-state index is 13.0. The first kappa shape index (κ1) is 22.4. The molecule has 0 saturated carbocycles. The van der Waals surface area contributed by atoms with Crippen LogP contribution in [0, 0.1) is 0 Å². The van der Waals surface area contributed by atoms with Crippen LogP contribution in [0.3, 0.4) is 0 Å². The zero-order valence-electron chi connectivity index (χ0n) is 16.3. The fraction of sp³-hybridized carbons (Fsp3) is 0.364. The molecule has 150 valence electrons.